The van der Waals surface area contributed by atoms with Gasteiger partial charge < -0.3 is 0 Å². The van der Waals surface area contributed by atoms with Gasteiger partial charge in [-0.1, -0.05) is 49.4 Å². The Kier molecular flexibility index (Phi) is 2.59. The third kappa shape index (κ3) is 1.94. The van der Waals surface area contributed by atoms with E-state index in [2.05, 4.69) is 49.9 Å². The molecule has 0 aliphatic carbocycles. The summed E-state index contributed by atoms with van der Waals surface area (Å²) in [6.45, 7) is 8.19. The second kappa shape index (κ2) is 3.90. The summed E-state index contributed by atoms with van der Waals surface area (Å²) < 4.78 is 0. The number of benzene rings is 2. The van der Waals surface area contributed by atoms with E-state index in [9.17, 15) is 0 Å². The Morgan fingerprint density at radius 3 is 2.40 bits per heavy atom. The lowest BCUT2D eigenvalue weighted by molar-refractivity contribution is 1.15. The number of hydrogen-bond acceptors (Lipinski definition) is 0. The van der Waals surface area contributed by atoms with Crippen LogP contribution in [0.15, 0.2) is 43.0 Å². The summed E-state index contributed by atoms with van der Waals surface area (Å²) in [4.78, 5) is 0. The van der Waals surface area contributed by atoms with Crippen LogP contribution < -0.4 is 0 Å². The molecule has 0 heteroatoms. The van der Waals surface area contributed by atoms with E-state index in [1.54, 1.807) is 0 Å². The van der Waals surface area contributed by atoms with E-state index < -0.39 is 0 Å². The summed E-state index contributed by atoms with van der Waals surface area (Å²) >= 11 is 0. The molecule has 2 rings (SSSR count). The number of rotatable bonds is 2. The molecule has 0 fully saturated rings. The maximum Gasteiger partial charge on any atom is -0.0178 e. The smallest absolute Gasteiger partial charge is 0.0178 e. The van der Waals surface area contributed by atoms with Gasteiger partial charge in [-0.15, -0.1) is 0 Å². The van der Waals surface area contributed by atoms with Crippen LogP contribution in [0.2, 0.25) is 0 Å². The molecule has 0 heterocycles. The zero-order valence-corrected chi connectivity index (χ0v) is 9.38. The first-order valence-electron chi connectivity index (χ1n) is 5.39. The molecular weight excluding hydrogens is 180 g/mol. The molecule has 15 heavy (non-hydrogen) atoms. The maximum atomic E-state index is 3.97. The summed E-state index contributed by atoms with van der Waals surface area (Å²) in [6.07, 6.45) is 1.10. The van der Waals surface area contributed by atoms with Gasteiger partial charge in [0.25, 0.3) is 0 Å². The molecule has 0 unspecified atom stereocenters. The van der Waals surface area contributed by atoms with E-state index in [1.807, 2.05) is 6.92 Å². The van der Waals surface area contributed by atoms with E-state index in [0.717, 1.165) is 12.0 Å². The first-order valence-corrected chi connectivity index (χ1v) is 5.39. The molecule has 76 valence electrons. The molecule has 0 aliphatic heterocycles. The minimum Gasteiger partial charge on any atom is -0.0955 e. The molecular formula is C15H16. The average Bonchev–Trinajstić information content (AvgIpc) is 2.27. The van der Waals surface area contributed by atoms with Crippen LogP contribution in [0.4, 0.5) is 0 Å². The van der Waals surface area contributed by atoms with Gasteiger partial charge in [0.05, 0.1) is 0 Å². The van der Waals surface area contributed by atoms with Gasteiger partial charge in [0.1, 0.15) is 0 Å². The van der Waals surface area contributed by atoms with Crippen molar-refractivity contribution >= 4 is 16.3 Å². The Hall–Kier alpha value is -1.56. The monoisotopic (exact) mass is 196 g/mol. The summed E-state index contributed by atoms with van der Waals surface area (Å²) in [5, 5.41) is 2.62. The zero-order valence-electron chi connectivity index (χ0n) is 9.38. The highest BCUT2D eigenvalue weighted by Crippen LogP contribution is 2.21. The topological polar surface area (TPSA) is 0 Å². The average molecular weight is 196 g/mol. The normalized spacial score (nSPS) is 10.5. The molecule has 0 saturated carbocycles. The van der Waals surface area contributed by atoms with Crippen LogP contribution in [0.5, 0.6) is 0 Å². The molecule has 0 N–H and O–H groups in total. The highest BCUT2D eigenvalue weighted by molar-refractivity contribution is 5.86. The van der Waals surface area contributed by atoms with E-state index in [0.29, 0.717) is 0 Å². The van der Waals surface area contributed by atoms with E-state index in [-0.39, 0.29) is 0 Å². The zero-order chi connectivity index (χ0) is 10.8. The second-order valence-corrected chi connectivity index (χ2v) is 4.03. The van der Waals surface area contributed by atoms with Crippen LogP contribution in [-0.2, 0) is 6.42 Å². The number of hydrogen-bond donors (Lipinski definition) is 0. The van der Waals surface area contributed by atoms with Crippen LogP contribution in [0.25, 0.3) is 16.3 Å². The minimum absolute atomic E-state index is 1.10. The van der Waals surface area contributed by atoms with Crippen LogP contribution in [0, 0.1) is 0 Å². The lowest BCUT2D eigenvalue weighted by atomic mass is 10.0. The predicted octanol–water partition coefficient (Wildman–Crippen LogP) is 4.44. The van der Waals surface area contributed by atoms with Gasteiger partial charge >= 0.3 is 0 Å². The number of aryl methyl sites for hydroxylation is 1. The van der Waals surface area contributed by atoms with Gasteiger partial charge in [0.2, 0.25) is 0 Å². The largest absolute Gasteiger partial charge is 0.0955 e. The summed E-state index contributed by atoms with van der Waals surface area (Å²) in [5.41, 5.74) is 3.74. The molecule has 2 aromatic carbocycles. The van der Waals surface area contributed by atoms with E-state index in [1.165, 1.54) is 21.9 Å². The van der Waals surface area contributed by atoms with Gasteiger partial charge in [0.15, 0.2) is 0 Å². The second-order valence-electron chi connectivity index (χ2n) is 4.03. The first kappa shape index (κ1) is 9.97. The molecule has 0 aromatic heterocycles. The van der Waals surface area contributed by atoms with Gasteiger partial charge in [-0.25, -0.2) is 0 Å². The van der Waals surface area contributed by atoms with Crippen molar-refractivity contribution < 1.29 is 0 Å². The Morgan fingerprint density at radius 2 is 1.73 bits per heavy atom. The van der Waals surface area contributed by atoms with Crippen LogP contribution in [-0.4, -0.2) is 0 Å². The number of fused-ring (bicyclic) bond motifs is 1. The Labute approximate surface area is 91.2 Å². The third-order valence-corrected chi connectivity index (χ3v) is 2.81. The molecule has 0 nitrogen and oxygen atoms in total. The predicted molar refractivity (Wildman–Crippen MR) is 68.0 cm³/mol. The van der Waals surface area contributed by atoms with E-state index in [4.69, 9.17) is 0 Å². The summed E-state index contributed by atoms with van der Waals surface area (Å²) in [7, 11) is 0. The molecule has 0 radical (unpaired) electrons. The third-order valence-electron chi connectivity index (χ3n) is 2.81. The summed E-state index contributed by atoms with van der Waals surface area (Å²) in [5.74, 6) is 0. The molecule has 0 saturated heterocycles. The van der Waals surface area contributed by atoms with Crippen molar-refractivity contribution in [1.82, 2.24) is 0 Å². The van der Waals surface area contributed by atoms with Crippen molar-refractivity contribution in [3.8, 4) is 0 Å². The van der Waals surface area contributed by atoms with Crippen LogP contribution >= 0.6 is 0 Å². The molecule has 0 aliphatic rings. The lowest BCUT2D eigenvalue weighted by Crippen LogP contribution is -1.82. The van der Waals surface area contributed by atoms with Gasteiger partial charge in [0, 0.05) is 0 Å². The Morgan fingerprint density at radius 1 is 1.07 bits per heavy atom. The fraction of sp³-hybridized carbons (Fsp3) is 0.200. The van der Waals surface area contributed by atoms with Crippen LogP contribution in [0.1, 0.15) is 25.0 Å². The number of allylic oxidation sites excluding steroid dienone is 1. The highest BCUT2D eigenvalue weighted by atomic mass is 14.0. The van der Waals surface area contributed by atoms with E-state index >= 15 is 0 Å². The van der Waals surface area contributed by atoms with Gasteiger partial charge in [-0.2, -0.15) is 0 Å². The fourth-order valence-corrected chi connectivity index (χ4v) is 1.78. The van der Waals surface area contributed by atoms with Crippen molar-refractivity contribution in [3.05, 3.63) is 54.1 Å². The standard InChI is InChI=1S/C15H16/c1-4-12-5-6-15-10-13(11(2)3)7-8-14(15)9-12/h5-10H,2,4H2,1,3H3. The fourth-order valence-electron chi connectivity index (χ4n) is 1.78. The molecule has 2 aromatic rings. The Balaban J connectivity index is 2.59. The lowest BCUT2D eigenvalue weighted by Gasteiger charge is -2.04. The molecule has 0 atom stereocenters. The SMILES string of the molecule is C=C(C)c1ccc2cc(CC)ccc2c1. The van der Waals surface area contributed by atoms with Gasteiger partial charge in [-0.3, -0.25) is 0 Å². The molecule has 0 spiro atoms. The van der Waals surface area contributed by atoms with Crippen molar-refractivity contribution in [2.24, 2.45) is 0 Å². The molecule has 0 bridgehead atoms. The van der Waals surface area contributed by atoms with Crippen LogP contribution in [0.3, 0.4) is 0 Å². The highest BCUT2D eigenvalue weighted by Gasteiger charge is 1.98. The van der Waals surface area contributed by atoms with Crippen molar-refractivity contribution in [1.29, 1.82) is 0 Å². The van der Waals surface area contributed by atoms with Crippen molar-refractivity contribution in [3.63, 3.8) is 0 Å². The maximum absolute atomic E-state index is 3.97. The van der Waals surface area contributed by atoms with Gasteiger partial charge in [-0.05, 0) is 41.3 Å². The first-order chi connectivity index (χ1) is 7.20. The minimum atomic E-state index is 1.10. The van der Waals surface area contributed by atoms with Crippen molar-refractivity contribution in [2.45, 2.75) is 20.3 Å². The Bertz CT molecular complexity index is 506. The molecule has 0 amide bonds. The quantitative estimate of drug-likeness (QED) is 0.666. The van der Waals surface area contributed by atoms with Crippen molar-refractivity contribution in [2.75, 3.05) is 0 Å². The summed E-state index contributed by atoms with van der Waals surface area (Å²) in [6, 6.07) is 13.2.